The molecule has 90 valence electrons. The van der Waals surface area contributed by atoms with Gasteiger partial charge in [-0.3, -0.25) is 4.79 Å². The van der Waals surface area contributed by atoms with Gasteiger partial charge in [-0.15, -0.1) is 0 Å². The van der Waals surface area contributed by atoms with Crippen molar-refractivity contribution in [3.63, 3.8) is 0 Å². The van der Waals surface area contributed by atoms with E-state index in [4.69, 9.17) is 0 Å². The van der Waals surface area contributed by atoms with Crippen LogP contribution in [0.4, 0.5) is 0 Å². The molecule has 0 aliphatic carbocycles. The summed E-state index contributed by atoms with van der Waals surface area (Å²) in [5.41, 5.74) is 1.33. The third-order valence-electron chi connectivity index (χ3n) is 3.18. The molecule has 1 aromatic carbocycles. The molecular formula is C15H19NO. The lowest BCUT2D eigenvalue weighted by Gasteiger charge is -2.12. The van der Waals surface area contributed by atoms with Crippen LogP contribution in [-0.2, 0) is 0 Å². The van der Waals surface area contributed by atoms with Gasteiger partial charge in [0.1, 0.15) is 0 Å². The summed E-state index contributed by atoms with van der Waals surface area (Å²) >= 11 is 0. The Morgan fingerprint density at radius 3 is 2.35 bits per heavy atom. The average molecular weight is 229 g/mol. The van der Waals surface area contributed by atoms with Gasteiger partial charge in [-0.2, -0.15) is 0 Å². The minimum atomic E-state index is 0.111. The Bertz CT molecular complexity index is 588. The largest absolute Gasteiger partial charge is 0.312 e. The van der Waals surface area contributed by atoms with E-state index in [1.54, 1.807) is 4.57 Å². The Morgan fingerprint density at radius 1 is 1.06 bits per heavy atom. The molecule has 0 spiro atoms. The van der Waals surface area contributed by atoms with Gasteiger partial charge in [-0.05, 0) is 42.8 Å². The zero-order chi connectivity index (χ0) is 12.6. The minimum absolute atomic E-state index is 0.111. The number of nitrogens with zero attached hydrogens (tertiary/aromatic N) is 1. The van der Waals surface area contributed by atoms with Gasteiger partial charge in [-0.1, -0.05) is 26.0 Å². The molecule has 0 fully saturated rings. The maximum Gasteiger partial charge on any atom is 0.258 e. The summed E-state index contributed by atoms with van der Waals surface area (Å²) in [5.74, 6) is 0.450. The quantitative estimate of drug-likeness (QED) is 0.769. The number of hydrogen-bond acceptors (Lipinski definition) is 1. The second kappa shape index (κ2) is 4.36. The SMILES string of the molecule is CC(C)c1ccc2ccn(C(C)C)c(=O)c2c1. The van der Waals surface area contributed by atoms with Crippen molar-refractivity contribution in [1.82, 2.24) is 4.57 Å². The highest BCUT2D eigenvalue weighted by Gasteiger charge is 2.07. The normalized spacial score (nSPS) is 11.6. The summed E-state index contributed by atoms with van der Waals surface area (Å²) in [6.07, 6.45) is 1.88. The van der Waals surface area contributed by atoms with E-state index >= 15 is 0 Å². The fraction of sp³-hybridized carbons (Fsp3) is 0.400. The molecule has 0 radical (unpaired) electrons. The highest BCUT2D eigenvalue weighted by atomic mass is 16.1. The van der Waals surface area contributed by atoms with E-state index in [1.807, 2.05) is 38.2 Å². The highest BCUT2D eigenvalue weighted by Crippen LogP contribution is 2.19. The fourth-order valence-electron chi connectivity index (χ4n) is 2.04. The Balaban J connectivity index is 2.74. The maximum atomic E-state index is 12.3. The van der Waals surface area contributed by atoms with Crippen LogP contribution in [0.15, 0.2) is 35.3 Å². The van der Waals surface area contributed by atoms with Gasteiger partial charge in [0.15, 0.2) is 0 Å². The molecule has 0 amide bonds. The maximum absolute atomic E-state index is 12.3. The Hall–Kier alpha value is -1.57. The molecule has 0 aliphatic rings. The molecule has 0 bridgehead atoms. The Labute approximate surface area is 102 Å². The molecular weight excluding hydrogens is 210 g/mol. The van der Waals surface area contributed by atoms with Crippen LogP contribution in [0.2, 0.25) is 0 Å². The first kappa shape index (κ1) is 11.9. The fourth-order valence-corrected chi connectivity index (χ4v) is 2.04. The smallest absolute Gasteiger partial charge is 0.258 e. The molecule has 1 heterocycles. The number of aromatic nitrogens is 1. The second-order valence-electron chi connectivity index (χ2n) is 5.12. The van der Waals surface area contributed by atoms with E-state index in [9.17, 15) is 4.79 Å². The number of fused-ring (bicyclic) bond motifs is 1. The van der Waals surface area contributed by atoms with Crippen LogP contribution >= 0.6 is 0 Å². The van der Waals surface area contributed by atoms with Crippen LogP contribution in [0.3, 0.4) is 0 Å². The molecule has 0 unspecified atom stereocenters. The molecule has 0 saturated carbocycles. The van der Waals surface area contributed by atoms with Gasteiger partial charge in [0.05, 0.1) is 0 Å². The zero-order valence-electron chi connectivity index (χ0n) is 10.9. The lowest BCUT2D eigenvalue weighted by molar-refractivity contribution is 0.582. The van der Waals surface area contributed by atoms with E-state index in [0.29, 0.717) is 5.92 Å². The van der Waals surface area contributed by atoms with Gasteiger partial charge in [-0.25, -0.2) is 0 Å². The van der Waals surface area contributed by atoms with Crippen molar-refractivity contribution in [1.29, 1.82) is 0 Å². The molecule has 0 aliphatic heterocycles. The first-order chi connectivity index (χ1) is 8.00. The van der Waals surface area contributed by atoms with Crippen LogP contribution in [-0.4, -0.2) is 4.57 Å². The van der Waals surface area contributed by atoms with E-state index in [2.05, 4.69) is 19.9 Å². The van der Waals surface area contributed by atoms with Gasteiger partial charge in [0, 0.05) is 17.6 Å². The topological polar surface area (TPSA) is 22.0 Å². The lowest BCUT2D eigenvalue weighted by atomic mass is 10.00. The predicted octanol–water partition coefficient (Wildman–Crippen LogP) is 3.71. The van der Waals surface area contributed by atoms with Gasteiger partial charge < -0.3 is 4.57 Å². The first-order valence-corrected chi connectivity index (χ1v) is 6.15. The number of pyridine rings is 1. The average Bonchev–Trinajstić information content (AvgIpc) is 2.28. The van der Waals surface area contributed by atoms with Gasteiger partial charge in [0.25, 0.3) is 5.56 Å². The molecule has 2 aromatic rings. The molecule has 17 heavy (non-hydrogen) atoms. The number of rotatable bonds is 2. The van der Waals surface area contributed by atoms with Crippen molar-refractivity contribution < 1.29 is 0 Å². The minimum Gasteiger partial charge on any atom is -0.312 e. The number of benzene rings is 1. The summed E-state index contributed by atoms with van der Waals surface area (Å²) in [5, 5.41) is 1.85. The van der Waals surface area contributed by atoms with Crippen LogP contribution < -0.4 is 5.56 Å². The Morgan fingerprint density at radius 2 is 1.76 bits per heavy atom. The first-order valence-electron chi connectivity index (χ1n) is 6.15. The van der Waals surface area contributed by atoms with Gasteiger partial charge >= 0.3 is 0 Å². The third kappa shape index (κ3) is 2.12. The van der Waals surface area contributed by atoms with Crippen molar-refractivity contribution in [2.45, 2.75) is 39.7 Å². The van der Waals surface area contributed by atoms with E-state index < -0.39 is 0 Å². The monoisotopic (exact) mass is 229 g/mol. The number of hydrogen-bond donors (Lipinski definition) is 0. The van der Waals surface area contributed by atoms with Crippen molar-refractivity contribution in [3.8, 4) is 0 Å². The second-order valence-corrected chi connectivity index (χ2v) is 5.12. The summed E-state index contributed by atoms with van der Waals surface area (Å²) in [4.78, 5) is 12.3. The highest BCUT2D eigenvalue weighted by molar-refractivity contribution is 5.82. The molecule has 2 nitrogen and oxygen atoms in total. The van der Waals surface area contributed by atoms with Gasteiger partial charge in [0.2, 0.25) is 0 Å². The van der Waals surface area contributed by atoms with Crippen molar-refractivity contribution in [3.05, 3.63) is 46.4 Å². The molecule has 0 N–H and O–H groups in total. The summed E-state index contributed by atoms with van der Waals surface area (Å²) in [6, 6.07) is 8.39. The van der Waals surface area contributed by atoms with Crippen LogP contribution in [0.25, 0.3) is 10.8 Å². The van der Waals surface area contributed by atoms with Crippen molar-refractivity contribution in [2.75, 3.05) is 0 Å². The van der Waals surface area contributed by atoms with Crippen LogP contribution in [0, 0.1) is 0 Å². The lowest BCUT2D eigenvalue weighted by Crippen LogP contribution is -2.21. The predicted molar refractivity (Wildman–Crippen MR) is 72.7 cm³/mol. The molecule has 2 rings (SSSR count). The van der Waals surface area contributed by atoms with Crippen LogP contribution in [0.1, 0.15) is 45.2 Å². The van der Waals surface area contributed by atoms with Crippen molar-refractivity contribution >= 4 is 10.8 Å². The standard InChI is InChI=1S/C15H19NO/c1-10(2)13-6-5-12-7-8-16(11(3)4)15(17)14(12)9-13/h5-11H,1-4H3. The molecule has 1 aromatic heterocycles. The molecule has 0 saturated heterocycles. The van der Waals surface area contributed by atoms with E-state index in [-0.39, 0.29) is 11.6 Å². The molecule has 0 atom stereocenters. The van der Waals surface area contributed by atoms with Crippen molar-refractivity contribution in [2.24, 2.45) is 0 Å². The van der Waals surface area contributed by atoms with E-state index in [0.717, 1.165) is 10.8 Å². The van der Waals surface area contributed by atoms with E-state index in [1.165, 1.54) is 5.56 Å². The Kier molecular flexibility index (Phi) is 3.05. The zero-order valence-corrected chi connectivity index (χ0v) is 10.9. The summed E-state index contributed by atoms with van der Waals surface area (Å²) < 4.78 is 1.78. The van der Waals surface area contributed by atoms with Crippen LogP contribution in [0.5, 0.6) is 0 Å². The summed E-state index contributed by atoms with van der Waals surface area (Å²) in [7, 11) is 0. The molecule has 2 heteroatoms. The summed E-state index contributed by atoms with van der Waals surface area (Å²) in [6.45, 7) is 8.34. The third-order valence-corrected chi connectivity index (χ3v) is 3.18.